The lowest BCUT2D eigenvalue weighted by Gasteiger charge is -2.09. The van der Waals surface area contributed by atoms with Gasteiger partial charge in [-0.3, -0.25) is 0 Å². The zero-order valence-electron chi connectivity index (χ0n) is 8.26. The van der Waals surface area contributed by atoms with Crippen LogP contribution in [-0.4, -0.2) is 37.7 Å². The summed E-state index contributed by atoms with van der Waals surface area (Å²) < 4.78 is 5.43. The highest BCUT2D eigenvalue weighted by atomic mass is 16.5. The fourth-order valence-corrected chi connectivity index (χ4v) is 1.01. The quantitative estimate of drug-likeness (QED) is 0.534. The van der Waals surface area contributed by atoms with Gasteiger partial charge in [-0.25, -0.2) is 0 Å². The summed E-state index contributed by atoms with van der Waals surface area (Å²) in [4.78, 5) is 2.31. The first-order valence-corrected chi connectivity index (χ1v) is 4.59. The van der Waals surface area contributed by atoms with E-state index in [0.717, 1.165) is 13.2 Å². The van der Waals surface area contributed by atoms with Crippen LogP contribution in [-0.2, 0) is 4.74 Å². The van der Waals surface area contributed by atoms with Crippen molar-refractivity contribution in [2.45, 2.75) is 33.3 Å². The van der Waals surface area contributed by atoms with Gasteiger partial charge in [0, 0.05) is 13.1 Å². The van der Waals surface area contributed by atoms with Crippen molar-refractivity contribution in [1.29, 1.82) is 0 Å². The molecule has 0 amide bonds. The highest BCUT2D eigenvalue weighted by Gasteiger charge is 2.09. The second kappa shape index (κ2) is 6.62. The fraction of sp³-hybridized carbons (Fsp3) is 1.00. The van der Waals surface area contributed by atoms with Gasteiger partial charge in [-0.2, -0.15) is 0 Å². The highest BCUT2D eigenvalue weighted by molar-refractivity contribution is 4.60. The molecule has 1 rings (SSSR count). The SMILES string of the molecule is CC.C[C@H]1CCN(C)CCO1. The molecule has 0 aromatic rings. The normalized spacial score (nSPS) is 26.7. The van der Waals surface area contributed by atoms with Crippen molar-refractivity contribution in [3.8, 4) is 0 Å². The number of nitrogens with zero attached hydrogens (tertiary/aromatic N) is 1. The largest absolute Gasteiger partial charge is 0.377 e. The maximum Gasteiger partial charge on any atom is 0.0596 e. The molecular formula is C9H21NO. The minimum Gasteiger partial charge on any atom is -0.377 e. The van der Waals surface area contributed by atoms with Gasteiger partial charge in [0.25, 0.3) is 0 Å². The van der Waals surface area contributed by atoms with E-state index < -0.39 is 0 Å². The van der Waals surface area contributed by atoms with Crippen LogP contribution in [0.3, 0.4) is 0 Å². The maximum absolute atomic E-state index is 5.43. The Balaban J connectivity index is 0.000000461. The minimum absolute atomic E-state index is 0.468. The molecule has 68 valence electrons. The van der Waals surface area contributed by atoms with Crippen LogP contribution in [0.2, 0.25) is 0 Å². The van der Waals surface area contributed by atoms with Crippen molar-refractivity contribution in [3.63, 3.8) is 0 Å². The molecule has 1 saturated heterocycles. The Labute approximate surface area is 70.5 Å². The molecule has 0 aromatic carbocycles. The topological polar surface area (TPSA) is 12.5 Å². The summed E-state index contributed by atoms with van der Waals surface area (Å²) in [5, 5.41) is 0. The molecule has 0 unspecified atom stereocenters. The van der Waals surface area contributed by atoms with Gasteiger partial charge in [0.1, 0.15) is 0 Å². The minimum atomic E-state index is 0.468. The van der Waals surface area contributed by atoms with E-state index in [1.54, 1.807) is 0 Å². The Kier molecular flexibility index (Phi) is 6.57. The van der Waals surface area contributed by atoms with Crippen LogP contribution in [0.1, 0.15) is 27.2 Å². The Morgan fingerprint density at radius 3 is 2.55 bits per heavy atom. The van der Waals surface area contributed by atoms with Gasteiger partial charge in [0.05, 0.1) is 12.7 Å². The Bertz CT molecular complexity index is 75.6. The molecule has 0 N–H and O–H groups in total. The first-order chi connectivity index (χ1) is 5.29. The van der Waals surface area contributed by atoms with Crippen molar-refractivity contribution >= 4 is 0 Å². The highest BCUT2D eigenvalue weighted by Crippen LogP contribution is 2.03. The van der Waals surface area contributed by atoms with E-state index in [1.165, 1.54) is 13.0 Å². The predicted molar refractivity (Wildman–Crippen MR) is 48.9 cm³/mol. The Morgan fingerprint density at radius 1 is 1.27 bits per heavy atom. The molecule has 1 aliphatic heterocycles. The van der Waals surface area contributed by atoms with Crippen molar-refractivity contribution in [1.82, 2.24) is 4.90 Å². The van der Waals surface area contributed by atoms with Gasteiger partial charge >= 0.3 is 0 Å². The lowest BCUT2D eigenvalue weighted by molar-refractivity contribution is 0.0759. The van der Waals surface area contributed by atoms with E-state index in [2.05, 4.69) is 18.9 Å². The second-order valence-electron chi connectivity index (χ2n) is 2.77. The van der Waals surface area contributed by atoms with E-state index in [-0.39, 0.29) is 0 Å². The molecule has 0 spiro atoms. The van der Waals surface area contributed by atoms with Crippen molar-refractivity contribution in [2.24, 2.45) is 0 Å². The van der Waals surface area contributed by atoms with Crippen molar-refractivity contribution < 1.29 is 4.74 Å². The molecule has 1 aliphatic rings. The molecule has 11 heavy (non-hydrogen) atoms. The molecule has 0 radical (unpaired) electrons. The monoisotopic (exact) mass is 159 g/mol. The third-order valence-corrected chi connectivity index (χ3v) is 1.79. The first kappa shape index (κ1) is 10.9. The standard InChI is InChI=1S/C7H15NO.C2H6/c1-7-3-4-8(2)5-6-9-7;1-2/h7H,3-6H2,1-2H3;1-2H3/t7-;/m0./s1. The summed E-state index contributed by atoms with van der Waals surface area (Å²) in [5.41, 5.74) is 0. The van der Waals surface area contributed by atoms with Crippen molar-refractivity contribution in [3.05, 3.63) is 0 Å². The number of ether oxygens (including phenoxy) is 1. The van der Waals surface area contributed by atoms with Crippen LogP contribution >= 0.6 is 0 Å². The third-order valence-electron chi connectivity index (χ3n) is 1.79. The van der Waals surface area contributed by atoms with Crippen LogP contribution in [0.15, 0.2) is 0 Å². The van der Waals surface area contributed by atoms with Gasteiger partial charge in [-0.15, -0.1) is 0 Å². The molecule has 0 aromatic heterocycles. The average molecular weight is 159 g/mol. The summed E-state index contributed by atoms with van der Waals surface area (Å²) in [7, 11) is 2.14. The lowest BCUT2D eigenvalue weighted by atomic mass is 10.3. The van der Waals surface area contributed by atoms with E-state index >= 15 is 0 Å². The number of hydrogen-bond acceptors (Lipinski definition) is 2. The number of hydrogen-bond donors (Lipinski definition) is 0. The summed E-state index contributed by atoms with van der Waals surface area (Å²) in [6.07, 6.45) is 1.64. The molecule has 1 heterocycles. The fourth-order valence-electron chi connectivity index (χ4n) is 1.01. The third kappa shape index (κ3) is 5.22. The summed E-state index contributed by atoms with van der Waals surface area (Å²) >= 11 is 0. The van der Waals surface area contributed by atoms with Crippen LogP contribution in [0.5, 0.6) is 0 Å². The Morgan fingerprint density at radius 2 is 1.91 bits per heavy atom. The van der Waals surface area contributed by atoms with Crippen LogP contribution in [0.4, 0.5) is 0 Å². The van der Waals surface area contributed by atoms with Crippen molar-refractivity contribution in [2.75, 3.05) is 26.7 Å². The predicted octanol–water partition coefficient (Wildman–Crippen LogP) is 1.75. The average Bonchev–Trinajstić information content (AvgIpc) is 2.20. The van der Waals surface area contributed by atoms with Gasteiger partial charge in [-0.05, 0) is 20.4 Å². The second-order valence-corrected chi connectivity index (χ2v) is 2.77. The zero-order chi connectivity index (χ0) is 8.69. The van der Waals surface area contributed by atoms with E-state index in [1.807, 2.05) is 13.8 Å². The molecule has 0 aliphatic carbocycles. The molecule has 0 saturated carbocycles. The first-order valence-electron chi connectivity index (χ1n) is 4.59. The molecule has 2 heteroatoms. The van der Waals surface area contributed by atoms with Gasteiger partial charge in [-0.1, -0.05) is 13.8 Å². The van der Waals surface area contributed by atoms with Crippen LogP contribution in [0.25, 0.3) is 0 Å². The molecular weight excluding hydrogens is 138 g/mol. The summed E-state index contributed by atoms with van der Waals surface area (Å²) in [6, 6.07) is 0. The van der Waals surface area contributed by atoms with Gasteiger partial charge in [0.2, 0.25) is 0 Å². The van der Waals surface area contributed by atoms with E-state index in [9.17, 15) is 0 Å². The molecule has 0 bridgehead atoms. The molecule has 1 fully saturated rings. The summed E-state index contributed by atoms with van der Waals surface area (Å²) in [5.74, 6) is 0. The smallest absolute Gasteiger partial charge is 0.0596 e. The Hall–Kier alpha value is -0.0800. The van der Waals surface area contributed by atoms with Crippen LogP contribution < -0.4 is 0 Å². The van der Waals surface area contributed by atoms with E-state index in [4.69, 9.17) is 4.74 Å². The molecule has 1 atom stereocenters. The summed E-state index contributed by atoms with van der Waals surface area (Å²) in [6.45, 7) is 9.31. The van der Waals surface area contributed by atoms with Gasteiger partial charge < -0.3 is 9.64 Å². The number of rotatable bonds is 0. The van der Waals surface area contributed by atoms with E-state index in [0.29, 0.717) is 6.10 Å². The zero-order valence-corrected chi connectivity index (χ0v) is 8.26. The van der Waals surface area contributed by atoms with Crippen LogP contribution in [0, 0.1) is 0 Å². The lowest BCUT2D eigenvalue weighted by Crippen LogP contribution is -2.20. The molecule has 2 nitrogen and oxygen atoms in total. The maximum atomic E-state index is 5.43. The number of likely N-dealkylation sites (N-methyl/N-ethyl adjacent to an activating group) is 1. The van der Waals surface area contributed by atoms with Gasteiger partial charge in [0.15, 0.2) is 0 Å².